The molecule has 1 aliphatic heterocycles. The average molecular weight is 426 g/mol. The number of halogens is 2. The average Bonchev–Trinajstić information content (AvgIpc) is 2.75. The lowest BCUT2D eigenvalue weighted by Crippen LogP contribution is -2.57. The van der Waals surface area contributed by atoms with Crippen LogP contribution in [-0.4, -0.2) is 36.0 Å². The summed E-state index contributed by atoms with van der Waals surface area (Å²) < 4.78 is 27.6. The van der Waals surface area contributed by atoms with Crippen LogP contribution in [0.4, 0.5) is 8.78 Å². The van der Waals surface area contributed by atoms with Crippen molar-refractivity contribution in [1.82, 2.24) is 10.6 Å². The fraction of sp³-hybridized carbons (Fsp3) is 0.318. The number of nitrogens with one attached hydrogen (secondary N) is 2. The topological polar surface area (TPSA) is 88.7 Å². The Bertz CT molecular complexity index is 1000. The van der Waals surface area contributed by atoms with Gasteiger partial charge in [0.2, 0.25) is 5.91 Å². The second-order valence-corrected chi connectivity index (χ2v) is 7.72. The van der Waals surface area contributed by atoms with Crippen molar-refractivity contribution in [3.8, 4) is 23.3 Å². The molecule has 1 amide bonds. The molecule has 5 nitrogen and oxygen atoms in total. The Kier molecular flexibility index (Phi) is 7.04. The summed E-state index contributed by atoms with van der Waals surface area (Å²) in [7, 11) is 0. The van der Waals surface area contributed by atoms with Crippen molar-refractivity contribution in [1.29, 1.82) is 10.5 Å². The van der Waals surface area contributed by atoms with Gasteiger partial charge < -0.3 is 10.6 Å². The Morgan fingerprint density at radius 3 is 2.57 bits per heavy atom. The molecule has 0 aromatic heterocycles. The van der Waals surface area contributed by atoms with Crippen LogP contribution in [0.25, 0.3) is 11.1 Å². The molecule has 0 spiro atoms. The third-order valence-electron chi connectivity index (χ3n) is 5.07. The second kappa shape index (κ2) is 9.71. The maximum absolute atomic E-state index is 13.8. The van der Waals surface area contributed by atoms with E-state index in [-0.39, 0.29) is 12.0 Å². The summed E-state index contributed by atoms with van der Waals surface area (Å²) >= 11 is 4.18. The van der Waals surface area contributed by atoms with Crippen LogP contribution in [0.5, 0.6) is 0 Å². The third kappa shape index (κ3) is 4.96. The van der Waals surface area contributed by atoms with Crippen LogP contribution >= 0.6 is 12.6 Å². The lowest BCUT2D eigenvalue weighted by Gasteiger charge is -2.31. The zero-order valence-electron chi connectivity index (χ0n) is 16.0. The van der Waals surface area contributed by atoms with E-state index in [0.29, 0.717) is 18.5 Å². The van der Waals surface area contributed by atoms with Gasteiger partial charge in [0.05, 0.1) is 16.9 Å². The number of rotatable bonds is 5. The summed E-state index contributed by atoms with van der Waals surface area (Å²) in [6.07, 6.45) is -0.604. The molecule has 1 aliphatic rings. The van der Waals surface area contributed by atoms with E-state index in [1.807, 2.05) is 0 Å². The minimum Gasteiger partial charge on any atom is -0.339 e. The first kappa shape index (κ1) is 21.8. The molecule has 1 saturated heterocycles. The molecule has 0 radical (unpaired) electrons. The Morgan fingerprint density at radius 2 is 1.93 bits per heavy atom. The number of benzene rings is 2. The number of piperidine rings is 1. The van der Waals surface area contributed by atoms with Crippen molar-refractivity contribution in [2.45, 2.75) is 36.3 Å². The summed E-state index contributed by atoms with van der Waals surface area (Å²) in [5.41, 5.74) is 2.19. The molecule has 4 atom stereocenters. The van der Waals surface area contributed by atoms with Crippen LogP contribution in [0.2, 0.25) is 0 Å². The van der Waals surface area contributed by atoms with Gasteiger partial charge in [-0.3, -0.25) is 4.79 Å². The van der Waals surface area contributed by atoms with Crippen molar-refractivity contribution >= 4 is 18.5 Å². The van der Waals surface area contributed by atoms with E-state index in [9.17, 15) is 18.8 Å². The van der Waals surface area contributed by atoms with Gasteiger partial charge in [0, 0.05) is 6.42 Å². The Hall–Kier alpha value is -2.94. The van der Waals surface area contributed by atoms with Crippen LogP contribution in [0.3, 0.4) is 0 Å². The van der Waals surface area contributed by atoms with Crippen molar-refractivity contribution in [3.63, 3.8) is 0 Å². The standard InChI is InChI=1S/C22H20F2N4OS/c23-18-7-8-27-20(21(18)30)22(29)28-17(12-26)9-13-1-3-14(4-2-13)15-5-6-16(11-25)19(24)10-15/h1-6,10,17-18,20-21,27,30H,7-9H2,(H,28,29)/t17-,18-,20-,21+/m0/s1. The molecule has 1 fully saturated rings. The first-order chi connectivity index (χ1) is 14.4. The number of nitriles is 2. The molecule has 0 bridgehead atoms. The number of hydrogen-bond acceptors (Lipinski definition) is 5. The van der Waals surface area contributed by atoms with E-state index in [1.54, 1.807) is 36.4 Å². The van der Waals surface area contributed by atoms with Gasteiger partial charge in [-0.15, -0.1) is 0 Å². The molecule has 0 saturated carbocycles. The maximum atomic E-state index is 13.8. The smallest absolute Gasteiger partial charge is 0.239 e. The molecule has 154 valence electrons. The van der Waals surface area contributed by atoms with Gasteiger partial charge in [-0.1, -0.05) is 30.3 Å². The number of nitrogens with zero attached hydrogens (tertiary/aromatic N) is 2. The molecule has 2 N–H and O–H groups in total. The van der Waals surface area contributed by atoms with Crippen molar-refractivity contribution in [2.75, 3.05) is 6.54 Å². The quantitative estimate of drug-likeness (QED) is 0.642. The molecule has 8 heteroatoms. The van der Waals surface area contributed by atoms with Gasteiger partial charge in [-0.2, -0.15) is 23.2 Å². The molecule has 0 unspecified atom stereocenters. The van der Waals surface area contributed by atoms with E-state index in [1.165, 1.54) is 12.1 Å². The lowest BCUT2D eigenvalue weighted by atomic mass is 9.99. The second-order valence-electron chi connectivity index (χ2n) is 7.12. The Balaban J connectivity index is 1.65. The van der Waals surface area contributed by atoms with Gasteiger partial charge in [-0.05, 0) is 41.8 Å². The lowest BCUT2D eigenvalue weighted by molar-refractivity contribution is -0.124. The highest BCUT2D eigenvalue weighted by atomic mass is 32.1. The monoisotopic (exact) mass is 426 g/mol. The predicted octanol–water partition coefficient (Wildman–Crippen LogP) is 2.91. The zero-order valence-corrected chi connectivity index (χ0v) is 16.9. The summed E-state index contributed by atoms with van der Waals surface area (Å²) in [6, 6.07) is 13.8. The van der Waals surface area contributed by atoms with Gasteiger partial charge in [0.15, 0.2) is 0 Å². The number of carbonyl (C=O) groups is 1. The van der Waals surface area contributed by atoms with Crippen LogP contribution in [0.1, 0.15) is 17.5 Å². The maximum Gasteiger partial charge on any atom is 0.239 e. The van der Waals surface area contributed by atoms with Gasteiger partial charge in [0.1, 0.15) is 30.1 Å². The van der Waals surface area contributed by atoms with Crippen molar-refractivity contribution < 1.29 is 13.6 Å². The number of hydrogen-bond donors (Lipinski definition) is 3. The fourth-order valence-electron chi connectivity index (χ4n) is 3.37. The largest absolute Gasteiger partial charge is 0.339 e. The molecule has 1 heterocycles. The number of thiol groups is 1. The minimum absolute atomic E-state index is 0.0158. The minimum atomic E-state index is -1.18. The summed E-state index contributed by atoms with van der Waals surface area (Å²) in [4.78, 5) is 12.4. The highest BCUT2D eigenvalue weighted by molar-refractivity contribution is 7.81. The molecule has 0 aliphatic carbocycles. The van der Waals surface area contributed by atoms with Crippen molar-refractivity contribution in [2.24, 2.45) is 0 Å². The van der Waals surface area contributed by atoms with Crippen LogP contribution in [0, 0.1) is 28.5 Å². The van der Waals surface area contributed by atoms with Crippen LogP contribution in [0.15, 0.2) is 42.5 Å². The van der Waals surface area contributed by atoms with Gasteiger partial charge >= 0.3 is 0 Å². The van der Waals surface area contributed by atoms with Crippen LogP contribution in [-0.2, 0) is 11.2 Å². The third-order valence-corrected chi connectivity index (χ3v) is 5.69. The summed E-state index contributed by atoms with van der Waals surface area (Å²) in [5.74, 6) is -1.03. The molecular formula is C22H20F2N4OS. The normalized spacial score (nSPS) is 21.8. The Labute approximate surface area is 179 Å². The highest BCUT2D eigenvalue weighted by Gasteiger charge is 2.35. The number of carbonyl (C=O) groups excluding carboxylic acids is 1. The molecule has 30 heavy (non-hydrogen) atoms. The summed E-state index contributed by atoms with van der Waals surface area (Å²) in [5, 5.41) is 23.1. The molecule has 3 rings (SSSR count). The van der Waals surface area contributed by atoms with Gasteiger partial charge in [-0.25, -0.2) is 8.78 Å². The predicted molar refractivity (Wildman–Crippen MR) is 112 cm³/mol. The molecule has 2 aromatic carbocycles. The number of amides is 1. The van der Waals surface area contributed by atoms with E-state index >= 15 is 0 Å². The fourth-order valence-corrected chi connectivity index (χ4v) is 3.76. The highest BCUT2D eigenvalue weighted by Crippen LogP contribution is 2.23. The first-order valence-corrected chi connectivity index (χ1v) is 9.99. The Morgan fingerprint density at radius 1 is 1.23 bits per heavy atom. The molecular weight excluding hydrogens is 406 g/mol. The molecule has 2 aromatic rings. The van der Waals surface area contributed by atoms with E-state index < -0.39 is 35.2 Å². The van der Waals surface area contributed by atoms with Crippen LogP contribution < -0.4 is 10.6 Å². The van der Waals surface area contributed by atoms with Gasteiger partial charge in [0.25, 0.3) is 0 Å². The van der Waals surface area contributed by atoms with E-state index in [4.69, 9.17) is 5.26 Å². The SMILES string of the molecule is N#Cc1ccc(-c2ccc(C[C@@H](C#N)NC(=O)[C@H]3NCC[C@H](F)[C@H]3S)cc2)cc1F. The zero-order chi connectivity index (χ0) is 21.7. The van der Waals surface area contributed by atoms with E-state index in [2.05, 4.69) is 29.3 Å². The first-order valence-electron chi connectivity index (χ1n) is 9.47. The number of alkyl halides is 1. The van der Waals surface area contributed by atoms with E-state index in [0.717, 1.165) is 11.1 Å². The van der Waals surface area contributed by atoms with Crippen molar-refractivity contribution in [3.05, 3.63) is 59.4 Å². The summed E-state index contributed by atoms with van der Waals surface area (Å²) in [6.45, 7) is 0.380.